The number of carbonyl (C=O) groups is 1. The van der Waals surface area contributed by atoms with Gasteiger partial charge in [0, 0.05) is 36.9 Å². The summed E-state index contributed by atoms with van der Waals surface area (Å²) in [6.07, 6.45) is 5.86. The molecule has 0 radical (unpaired) electrons. The zero-order chi connectivity index (χ0) is 15.2. The van der Waals surface area contributed by atoms with Crippen molar-refractivity contribution in [1.82, 2.24) is 9.97 Å². The third-order valence-corrected chi connectivity index (χ3v) is 4.37. The predicted molar refractivity (Wildman–Crippen MR) is 89.3 cm³/mol. The highest BCUT2D eigenvalue weighted by Crippen LogP contribution is 2.22. The summed E-state index contributed by atoms with van der Waals surface area (Å²) in [5.41, 5.74) is 2.05. The fourth-order valence-corrected chi connectivity index (χ4v) is 3.02. The molecule has 0 unspecified atom stereocenters. The molecule has 1 aliphatic heterocycles. The van der Waals surface area contributed by atoms with E-state index < -0.39 is 0 Å². The van der Waals surface area contributed by atoms with E-state index in [9.17, 15) is 4.79 Å². The van der Waals surface area contributed by atoms with Crippen LogP contribution in [-0.4, -0.2) is 34.7 Å². The average Bonchev–Trinajstić information content (AvgIpc) is 3.09. The molecular formula is C16H18N4OS. The minimum atomic E-state index is -0.0497. The van der Waals surface area contributed by atoms with E-state index in [1.165, 1.54) is 30.3 Å². The van der Waals surface area contributed by atoms with Gasteiger partial charge in [0.15, 0.2) is 5.16 Å². The van der Waals surface area contributed by atoms with Crippen LogP contribution in [0.4, 0.5) is 11.4 Å². The number of hydrogen-bond donors (Lipinski definition) is 1. The molecule has 5 nitrogen and oxygen atoms in total. The third kappa shape index (κ3) is 3.98. The highest BCUT2D eigenvalue weighted by Gasteiger charge is 2.12. The second kappa shape index (κ2) is 7.26. The summed E-state index contributed by atoms with van der Waals surface area (Å²) in [7, 11) is 0. The molecule has 1 aromatic carbocycles. The molecule has 0 spiro atoms. The van der Waals surface area contributed by atoms with E-state index in [-0.39, 0.29) is 5.91 Å². The molecule has 1 saturated heterocycles. The van der Waals surface area contributed by atoms with E-state index in [2.05, 4.69) is 32.3 Å². The van der Waals surface area contributed by atoms with Crippen LogP contribution in [0, 0.1) is 0 Å². The molecule has 0 saturated carbocycles. The van der Waals surface area contributed by atoms with Crippen LogP contribution in [0.15, 0.2) is 47.9 Å². The molecule has 0 aliphatic carbocycles. The number of amides is 1. The van der Waals surface area contributed by atoms with Gasteiger partial charge in [-0.25, -0.2) is 9.97 Å². The number of nitrogens with zero attached hydrogens (tertiary/aromatic N) is 3. The Morgan fingerprint density at radius 3 is 2.50 bits per heavy atom. The van der Waals surface area contributed by atoms with Gasteiger partial charge < -0.3 is 10.2 Å². The Balaban J connectivity index is 1.50. The van der Waals surface area contributed by atoms with Gasteiger partial charge in [0.2, 0.25) is 5.91 Å². The molecule has 1 N–H and O–H groups in total. The number of thioether (sulfide) groups is 1. The molecule has 22 heavy (non-hydrogen) atoms. The quantitative estimate of drug-likeness (QED) is 0.679. The molecule has 0 bridgehead atoms. The summed E-state index contributed by atoms with van der Waals surface area (Å²) in [5.74, 6) is 0.254. The minimum Gasteiger partial charge on any atom is -0.372 e. The highest BCUT2D eigenvalue weighted by atomic mass is 32.2. The van der Waals surface area contributed by atoms with Crippen molar-refractivity contribution in [2.24, 2.45) is 0 Å². The van der Waals surface area contributed by atoms with Crippen molar-refractivity contribution in [3.05, 3.63) is 42.7 Å². The van der Waals surface area contributed by atoms with Crippen molar-refractivity contribution in [3.63, 3.8) is 0 Å². The monoisotopic (exact) mass is 314 g/mol. The summed E-state index contributed by atoms with van der Waals surface area (Å²) in [6, 6.07) is 9.79. The van der Waals surface area contributed by atoms with E-state index >= 15 is 0 Å². The Morgan fingerprint density at radius 1 is 1.14 bits per heavy atom. The van der Waals surface area contributed by atoms with E-state index in [4.69, 9.17) is 0 Å². The molecule has 2 aromatic rings. The molecule has 1 amide bonds. The maximum absolute atomic E-state index is 11.9. The van der Waals surface area contributed by atoms with Crippen molar-refractivity contribution < 1.29 is 4.79 Å². The predicted octanol–water partition coefficient (Wildman–Crippen LogP) is 2.81. The molecule has 3 rings (SSSR count). The van der Waals surface area contributed by atoms with E-state index in [1.807, 2.05) is 12.1 Å². The Labute approximate surface area is 134 Å². The van der Waals surface area contributed by atoms with Crippen LogP contribution >= 0.6 is 11.8 Å². The van der Waals surface area contributed by atoms with Gasteiger partial charge in [-0.05, 0) is 43.2 Å². The van der Waals surface area contributed by atoms with Crippen molar-refractivity contribution in [2.45, 2.75) is 18.0 Å². The first kappa shape index (κ1) is 14.8. The minimum absolute atomic E-state index is 0.0497. The zero-order valence-corrected chi connectivity index (χ0v) is 13.1. The first-order valence-corrected chi connectivity index (χ1v) is 8.34. The largest absolute Gasteiger partial charge is 0.372 e. The lowest BCUT2D eigenvalue weighted by Crippen LogP contribution is -2.18. The van der Waals surface area contributed by atoms with Gasteiger partial charge in [-0.3, -0.25) is 4.79 Å². The fraction of sp³-hybridized carbons (Fsp3) is 0.312. The SMILES string of the molecule is O=C(CSc1ncccn1)Nc1ccc(N2CCCC2)cc1. The van der Waals surface area contributed by atoms with Gasteiger partial charge in [-0.2, -0.15) is 0 Å². The van der Waals surface area contributed by atoms with E-state index in [0.717, 1.165) is 18.8 Å². The summed E-state index contributed by atoms with van der Waals surface area (Å²) in [6.45, 7) is 2.25. The van der Waals surface area contributed by atoms with E-state index in [1.54, 1.807) is 18.5 Å². The summed E-state index contributed by atoms with van der Waals surface area (Å²) < 4.78 is 0. The standard InChI is InChI=1S/C16H18N4OS/c21-15(12-22-16-17-8-3-9-18-16)19-13-4-6-14(7-5-13)20-10-1-2-11-20/h3-9H,1-2,10-12H2,(H,19,21). The van der Waals surface area contributed by atoms with Gasteiger partial charge in [-0.15, -0.1) is 0 Å². The van der Waals surface area contributed by atoms with Crippen LogP contribution in [0.25, 0.3) is 0 Å². The van der Waals surface area contributed by atoms with Gasteiger partial charge in [0.25, 0.3) is 0 Å². The third-order valence-electron chi connectivity index (χ3n) is 3.50. The number of carbonyl (C=O) groups excluding carboxylic acids is 1. The molecule has 1 aromatic heterocycles. The zero-order valence-electron chi connectivity index (χ0n) is 12.2. The smallest absolute Gasteiger partial charge is 0.234 e. The van der Waals surface area contributed by atoms with Crippen molar-refractivity contribution in [3.8, 4) is 0 Å². The number of benzene rings is 1. The Hall–Kier alpha value is -2.08. The lowest BCUT2D eigenvalue weighted by Gasteiger charge is -2.17. The normalized spacial score (nSPS) is 14.1. The lowest BCUT2D eigenvalue weighted by atomic mass is 10.2. The van der Waals surface area contributed by atoms with Crippen molar-refractivity contribution >= 4 is 29.0 Å². The van der Waals surface area contributed by atoms with Crippen molar-refractivity contribution in [2.75, 3.05) is 29.1 Å². The van der Waals surface area contributed by atoms with Crippen LogP contribution < -0.4 is 10.2 Å². The van der Waals surface area contributed by atoms with Gasteiger partial charge in [0.05, 0.1) is 5.75 Å². The second-order valence-corrected chi connectivity index (χ2v) is 6.05. The number of aromatic nitrogens is 2. The molecule has 2 heterocycles. The summed E-state index contributed by atoms with van der Waals surface area (Å²) >= 11 is 1.33. The molecule has 1 fully saturated rings. The molecule has 114 valence electrons. The number of hydrogen-bond acceptors (Lipinski definition) is 5. The van der Waals surface area contributed by atoms with Gasteiger partial charge in [-0.1, -0.05) is 11.8 Å². The fourth-order valence-electron chi connectivity index (χ4n) is 2.42. The Bertz CT molecular complexity index is 612. The lowest BCUT2D eigenvalue weighted by molar-refractivity contribution is -0.113. The highest BCUT2D eigenvalue weighted by molar-refractivity contribution is 7.99. The molecule has 6 heteroatoms. The topological polar surface area (TPSA) is 58.1 Å². The van der Waals surface area contributed by atoms with Crippen molar-refractivity contribution in [1.29, 1.82) is 0 Å². The van der Waals surface area contributed by atoms with Crippen LogP contribution in [0.3, 0.4) is 0 Å². The molecule has 0 atom stereocenters. The first-order valence-electron chi connectivity index (χ1n) is 7.36. The van der Waals surface area contributed by atoms with E-state index in [0.29, 0.717) is 10.9 Å². The van der Waals surface area contributed by atoms with Crippen LogP contribution in [0.1, 0.15) is 12.8 Å². The van der Waals surface area contributed by atoms with Crippen LogP contribution in [-0.2, 0) is 4.79 Å². The average molecular weight is 314 g/mol. The Kier molecular flexibility index (Phi) is 4.90. The van der Waals surface area contributed by atoms with Gasteiger partial charge in [0.1, 0.15) is 0 Å². The van der Waals surface area contributed by atoms with Crippen LogP contribution in [0.2, 0.25) is 0 Å². The number of anilines is 2. The van der Waals surface area contributed by atoms with Gasteiger partial charge >= 0.3 is 0 Å². The first-order chi connectivity index (χ1) is 10.8. The Morgan fingerprint density at radius 2 is 1.82 bits per heavy atom. The maximum Gasteiger partial charge on any atom is 0.234 e. The summed E-state index contributed by atoms with van der Waals surface area (Å²) in [5, 5.41) is 3.51. The second-order valence-electron chi connectivity index (χ2n) is 5.11. The van der Waals surface area contributed by atoms with Crippen LogP contribution in [0.5, 0.6) is 0 Å². The number of nitrogens with one attached hydrogen (secondary N) is 1. The number of rotatable bonds is 5. The molecule has 1 aliphatic rings. The molecular weight excluding hydrogens is 296 g/mol. The summed E-state index contributed by atoms with van der Waals surface area (Å²) in [4.78, 5) is 22.5. The maximum atomic E-state index is 11.9.